The highest BCUT2D eigenvalue weighted by molar-refractivity contribution is 7.85. The van der Waals surface area contributed by atoms with Gasteiger partial charge in [0.05, 0.1) is 12.9 Å². The molecule has 1 aromatic rings. The van der Waals surface area contributed by atoms with Gasteiger partial charge in [0.25, 0.3) is 10.1 Å². The van der Waals surface area contributed by atoms with E-state index in [4.69, 9.17) is 4.74 Å². The second-order valence-corrected chi connectivity index (χ2v) is 8.70. The van der Waals surface area contributed by atoms with Gasteiger partial charge in [-0.3, -0.25) is 14.3 Å². The van der Waals surface area contributed by atoms with E-state index in [1.807, 2.05) is 0 Å². The van der Waals surface area contributed by atoms with E-state index in [1.165, 1.54) is 0 Å². The van der Waals surface area contributed by atoms with Crippen LogP contribution in [0.1, 0.15) is 45.2 Å². The van der Waals surface area contributed by atoms with Crippen LogP contribution in [0.15, 0.2) is 30.3 Å². The lowest BCUT2D eigenvalue weighted by atomic mass is 9.96. The van der Waals surface area contributed by atoms with Crippen LogP contribution in [0, 0.1) is 10.1 Å². The lowest BCUT2D eigenvalue weighted by molar-refractivity contribution is -0.528. The summed E-state index contributed by atoms with van der Waals surface area (Å²) in [6.45, 7) is 4.91. The molecule has 0 heterocycles. The van der Waals surface area contributed by atoms with Crippen molar-refractivity contribution in [1.29, 1.82) is 0 Å². The van der Waals surface area contributed by atoms with Gasteiger partial charge in [0, 0.05) is 11.3 Å². The normalized spacial score (nSPS) is 14.2. The first-order valence-electron chi connectivity index (χ1n) is 8.41. The van der Waals surface area contributed by atoms with Gasteiger partial charge >= 0.3 is 6.09 Å². The molecule has 0 aliphatic heterocycles. The molecule has 0 saturated heterocycles. The molecule has 0 spiro atoms. The van der Waals surface area contributed by atoms with Crippen molar-refractivity contribution in [2.45, 2.75) is 51.3 Å². The summed E-state index contributed by atoms with van der Waals surface area (Å²) >= 11 is 0. The standard InChI is InChI=1S/C17H26N2O7S/c1-17(2,3)26-16(20)18-15(13-9-6-5-7-10-13)14(19(21)22)11-8-12-25-27(4,23)24/h5-7,9-10,14-15H,8,11-12H2,1-4H3,(H,18,20)/t14-,15-/m1/s1. The number of hydrogen-bond acceptors (Lipinski definition) is 7. The molecule has 10 heteroatoms. The number of rotatable bonds is 9. The van der Waals surface area contributed by atoms with Gasteiger partial charge < -0.3 is 10.1 Å². The summed E-state index contributed by atoms with van der Waals surface area (Å²) in [5, 5.41) is 14.2. The molecule has 0 unspecified atom stereocenters. The Morgan fingerprint density at radius 3 is 2.33 bits per heavy atom. The molecule has 27 heavy (non-hydrogen) atoms. The van der Waals surface area contributed by atoms with Gasteiger partial charge in [-0.15, -0.1) is 0 Å². The zero-order valence-corrected chi connectivity index (χ0v) is 16.7. The molecule has 0 aromatic heterocycles. The SMILES string of the molecule is CC(C)(C)OC(=O)N[C@H](c1ccccc1)[C@@H](CCCOS(C)(=O)=O)[N+](=O)[O-]. The van der Waals surface area contributed by atoms with E-state index in [9.17, 15) is 23.3 Å². The molecule has 1 aromatic carbocycles. The van der Waals surface area contributed by atoms with Crippen LogP contribution in [-0.2, 0) is 19.0 Å². The van der Waals surface area contributed by atoms with Gasteiger partial charge in [0.2, 0.25) is 6.04 Å². The molecule has 0 saturated carbocycles. The predicted octanol–water partition coefficient (Wildman–Crippen LogP) is 2.65. The fourth-order valence-corrected chi connectivity index (χ4v) is 2.81. The van der Waals surface area contributed by atoms with Gasteiger partial charge in [0.15, 0.2) is 0 Å². The van der Waals surface area contributed by atoms with Crippen molar-refractivity contribution >= 4 is 16.2 Å². The Hall–Kier alpha value is -2.20. The average molecular weight is 402 g/mol. The molecule has 1 amide bonds. The topological polar surface area (TPSA) is 125 Å². The molecular weight excluding hydrogens is 376 g/mol. The van der Waals surface area contributed by atoms with Crippen molar-refractivity contribution in [3.63, 3.8) is 0 Å². The number of hydrogen-bond donors (Lipinski definition) is 1. The number of alkyl carbamates (subject to hydrolysis) is 1. The number of amides is 1. The van der Waals surface area contributed by atoms with Gasteiger partial charge in [-0.2, -0.15) is 8.42 Å². The van der Waals surface area contributed by atoms with Gasteiger partial charge in [-0.05, 0) is 32.8 Å². The minimum absolute atomic E-state index is 0.0118. The van der Waals surface area contributed by atoms with Crippen LogP contribution in [0.2, 0.25) is 0 Å². The number of carbonyl (C=O) groups is 1. The fraction of sp³-hybridized carbons (Fsp3) is 0.588. The van der Waals surface area contributed by atoms with Crippen molar-refractivity contribution < 1.29 is 27.1 Å². The highest BCUT2D eigenvalue weighted by Gasteiger charge is 2.35. The molecular formula is C17H26N2O7S. The Bertz CT molecular complexity index is 729. The number of benzene rings is 1. The average Bonchev–Trinajstić information content (AvgIpc) is 2.51. The largest absolute Gasteiger partial charge is 0.444 e. The van der Waals surface area contributed by atoms with E-state index >= 15 is 0 Å². The first-order valence-corrected chi connectivity index (χ1v) is 10.2. The van der Waals surface area contributed by atoms with Gasteiger partial charge in [0.1, 0.15) is 11.6 Å². The molecule has 0 radical (unpaired) electrons. The van der Waals surface area contributed by atoms with E-state index in [1.54, 1.807) is 51.1 Å². The summed E-state index contributed by atoms with van der Waals surface area (Å²) in [7, 11) is -3.61. The quantitative estimate of drug-likeness (QED) is 0.291. The van der Waals surface area contributed by atoms with E-state index in [0.717, 1.165) is 6.26 Å². The van der Waals surface area contributed by atoms with E-state index < -0.39 is 38.8 Å². The smallest absolute Gasteiger partial charge is 0.408 e. The maximum absolute atomic E-state index is 12.2. The van der Waals surface area contributed by atoms with Crippen molar-refractivity contribution in [3.05, 3.63) is 46.0 Å². The summed E-state index contributed by atoms with van der Waals surface area (Å²) in [5.41, 5.74) is -0.201. The maximum Gasteiger partial charge on any atom is 0.408 e. The summed E-state index contributed by atoms with van der Waals surface area (Å²) in [6, 6.07) is 6.41. The second kappa shape index (κ2) is 9.65. The molecule has 1 N–H and O–H groups in total. The number of nitrogens with zero attached hydrogens (tertiary/aromatic N) is 1. The van der Waals surface area contributed by atoms with Crippen LogP contribution in [0.25, 0.3) is 0 Å². The second-order valence-electron chi connectivity index (χ2n) is 7.06. The van der Waals surface area contributed by atoms with E-state index in [-0.39, 0.29) is 19.4 Å². The fourth-order valence-electron chi connectivity index (χ4n) is 2.39. The third kappa shape index (κ3) is 9.34. The molecule has 0 fully saturated rings. The Balaban J connectivity index is 2.95. The predicted molar refractivity (Wildman–Crippen MR) is 99.4 cm³/mol. The van der Waals surface area contributed by atoms with E-state index in [2.05, 4.69) is 9.50 Å². The van der Waals surface area contributed by atoms with Gasteiger partial charge in [-0.25, -0.2) is 4.79 Å². The lowest BCUT2D eigenvalue weighted by Gasteiger charge is -2.25. The zero-order chi connectivity index (χ0) is 20.7. The Kier molecular flexibility index (Phi) is 8.17. The number of nitro groups is 1. The third-order valence-electron chi connectivity index (χ3n) is 3.43. The summed E-state index contributed by atoms with van der Waals surface area (Å²) in [4.78, 5) is 23.3. The Morgan fingerprint density at radius 2 is 1.85 bits per heavy atom. The summed E-state index contributed by atoms with van der Waals surface area (Å²) < 4.78 is 31.9. The summed E-state index contributed by atoms with van der Waals surface area (Å²) in [5.74, 6) is 0. The van der Waals surface area contributed by atoms with Crippen LogP contribution < -0.4 is 5.32 Å². The zero-order valence-electron chi connectivity index (χ0n) is 15.9. The molecule has 0 aliphatic carbocycles. The Labute approximate surface area is 159 Å². The molecule has 0 aliphatic rings. The first-order chi connectivity index (χ1) is 12.4. The monoisotopic (exact) mass is 402 g/mol. The van der Waals surface area contributed by atoms with Crippen LogP contribution in [0.4, 0.5) is 4.79 Å². The van der Waals surface area contributed by atoms with Crippen LogP contribution in [0.5, 0.6) is 0 Å². The maximum atomic E-state index is 12.2. The molecule has 0 bridgehead atoms. The highest BCUT2D eigenvalue weighted by atomic mass is 32.2. The number of ether oxygens (including phenoxy) is 1. The number of nitrogens with one attached hydrogen (secondary N) is 1. The first kappa shape index (κ1) is 22.8. The minimum Gasteiger partial charge on any atom is -0.444 e. The van der Waals surface area contributed by atoms with Crippen molar-refractivity contribution in [2.24, 2.45) is 0 Å². The molecule has 1 rings (SSSR count). The van der Waals surface area contributed by atoms with Crippen LogP contribution >= 0.6 is 0 Å². The minimum atomic E-state index is -3.61. The van der Waals surface area contributed by atoms with Crippen molar-refractivity contribution in [1.82, 2.24) is 5.32 Å². The Morgan fingerprint density at radius 1 is 1.26 bits per heavy atom. The molecule has 9 nitrogen and oxygen atoms in total. The summed E-state index contributed by atoms with van der Waals surface area (Å²) in [6.07, 6.45) is 0.292. The van der Waals surface area contributed by atoms with Crippen molar-refractivity contribution in [2.75, 3.05) is 12.9 Å². The molecule has 2 atom stereocenters. The third-order valence-corrected chi connectivity index (χ3v) is 4.02. The molecule has 152 valence electrons. The van der Waals surface area contributed by atoms with Crippen molar-refractivity contribution in [3.8, 4) is 0 Å². The number of carbonyl (C=O) groups excluding carboxylic acids is 1. The van der Waals surface area contributed by atoms with E-state index in [0.29, 0.717) is 5.56 Å². The lowest BCUT2D eigenvalue weighted by Crippen LogP contribution is -2.42. The van der Waals surface area contributed by atoms with Crippen LogP contribution in [-0.4, -0.2) is 43.9 Å². The van der Waals surface area contributed by atoms with Crippen LogP contribution in [0.3, 0.4) is 0 Å². The van der Waals surface area contributed by atoms with Gasteiger partial charge in [-0.1, -0.05) is 30.3 Å². The highest BCUT2D eigenvalue weighted by Crippen LogP contribution is 2.23.